The highest BCUT2D eigenvalue weighted by Crippen LogP contribution is 2.36. The van der Waals surface area contributed by atoms with Crippen LogP contribution < -0.4 is 5.56 Å². The Morgan fingerprint density at radius 1 is 1.22 bits per heavy atom. The van der Waals surface area contributed by atoms with Crippen LogP contribution in [0.1, 0.15) is 31.7 Å². The number of pyridine rings is 1. The molecule has 0 amide bonds. The molecule has 0 radical (unpaired) electrons. The third kappa shape index (κ3) is 2.45. The Morgan fingerprint density at radius 3 is 2.65 bits per heavy atom. The second kappa shape index (κ2) is 5.81. The molecule has 3 aliphatic rings. The van der Waals surface area contributed by atoms with Crippen molar-refractivity contribution in [2.45, 2.75) is 36.8 Å². The summed E-state index contributed by atoms with van der Waals surface area (Å²) in [5.41, 5.74) is 1.19. The van der Waals surface area contributed by atoms with Gasteiger partial charge in [0.1, 0.15) is 10.6 Å². The number of aromatic amines is 1. The summed E-state index contributed by atoms with van der Waals surface area (Å²) in [5.74, 6) is 1.18. The lowest BCUT2D eigenvalue weighted by Gasteiger charge is -2.13. The summed E-state index contributed by atoms with van der Waals surface area (Å²) in [7, 11) is 0. The normalized spacial score (nSPS) is 15.5. The van der Waals surface area contributed by atoms with E-state index < -0.39 is 0 Å². The Labute approximate surface area is 137 Å². The van der Waals surface area contributed by atoms with E-state index in [1.54, 1.807) is 12.4 Å². The van der Waals surface area contributed by atoms with Gasteiger partial charge in [0.15, 0.2) is 11.6 Å². The third-order valence-corrected chi connectivity index (χ3v) is 5.07. The predicted octanol–water partition coefficient (Wildman–Crippen LogP) is 2.97. The monoisotopic (exact) mass is 327 g/mol. The van der Waals surface area contributed by atoms with Crippen molar-refractivity contribution in [1.29, 1.82) is 0 Å². The highest BCUT2D eigenvalue weighted by atomic mass is 32.2. The molecule has 4 rings (SSSR count). The topological polar surface area (TPSA) is 76.5 Å². The van der Waals surface area contributed by atoms with Crippen molar-refractivity contribution >= 4 is 11.8 Å². The molecule has 1 saturated carbocycles. The SMILES string of the molecule is CSc1[nH]n(C2CCCC2)c2nc(-c3ccncc3)nc(=O)c1-2. The van der Waals surface area contributed by atoms with Crippen LogP contribution in [0, 0.1) is 0 Å². The molecule has 0 bridgehead atoms. The van der Waals surface area contributed by atoms with Crippen LogP contribution >= 0.6 is 11.8 Å². The van der Waals surface area contributed by atoms with Gasteiger partial charge in [-0.05, 0) is 31.2 Å². The van der Waals surface area contributed by atoms with Gasteiger partial charge in [-0.25, -0.2) is 4.98 Å². The molecule has 0 atom stereocenters. The molecule has 7 heteroatoms. The highest BCUT2D eigenvalue weighted by molar-refractivity contribution is 7.98. The minimum absolute atomic E-state index is 0.223. The Balaban J connectivity index is 1.93. The van der Waals surface area contributed by atoms with E-state index in [0.717, 1.165) is 23.4 Å². The average molecular weight is 327 g/mol. The predicted molar refractivity (Wildman–Crippen MR) is 89.8 cm³/mol. The molecule has 0 spiro atoms. The van der Waals surface area contributed by atoms with Crippen molar-refractivity contribution in [2.75, 3.05) is 6.26 Å². The quantitative estimate of drug-likeness (QED) is 0.748. The molecule has 1 fully saturated rings. The molecule has 3 heterocycles. The minimum Gasteiger partial charge on any atom is -0.289 e. The zero-order chi connectivity index (χ0) is 15.8. The molecule has 1 aliphatic carbocycles. The maximum absolute atomic E-state index is 12.6. The number of rotatable bonds is 3. The summed E-state index contributed by atoms with van der Waals surface area (Å²) in [5, 5.41) is 4.21. The summed E-state index contributed by atoms with van der Waals surface area (Å²) < 4.78 is 2.07. The standard InChI is InChI=1S/C16H17N5OS/c1-23-16-12-14(21(20-16)11-4-2-3-5-11)18-13(19-15(12)22)10-6-8-17-9-7-10/h6-9,11,20H,2-5H2,1H3. The van der Waals surface area contributed by atoms with Crippen molar-refractivity contribution in [1.82, 2.24) is 24.7 Å². The van der Waals surface area contributed by atoms with E-state index in [-0.39, 0.29) is 5.56 Å². The Bertz CT molecular complexity index is 851. The number of hydrogen-bond acceptors (Lipinski definition) is 5. The van der Waals surface area contributed by atoms with Crippen LogP contribution in [0.3, 0.4) is 0 Å². The number of fused-ring (bicyclic) bond motifs is 1. The van der Waals surface area contributed by atoms with Crippen LogP contribution in [0.2, 0.25) is 0 Å². The lowest BCUT2D eigenvalue weighted by Crippen LogP contribution is -2.16. The molecule has 1 N–H and O–H groups in total. The van der Waals surface area contributed by atoms with Crippen LogP contribution in [0.15, 0.2) is 34.3 Å². The van der Waals surface area contributed by atoms with Gasteiger partial charge in [-0.3, -0.25) is 19.6 Å². The Kier molecular flexibility index (Phi) is 3.65. The van der Waals surface area contributed by atoms with Gasteiger partial charge in [0, 0.05) is 18.0 Å². The molecule has 2 aliphatic heterocycles. The van der Waals surface area contributed by atoms with Crippen LogP contribution in [-0.4, -0.2) is 31.0 Å². The summed E-state index contributed by atoms with van der Waals surface area (Å²) in [6, 6.07) is 4.03. The number of thioether (sulfide) groups is 1. The van der Waals surface area contributed by atoms with Crippen molar-refractivity contribution in [3.05, 3.63) is 34.9 Å². The molecule has 6 nitrogen and oxygen atoms in total. The van der Waals surface area contributed by atoms with E-state index in [2.05, 4.69) is 19.7 Å². The zero-order valence-electron chi connectivity index (χ0n) is 12.8. The Hall–Kier alpha value is -2.15. The third-order valence-electron chi connectivity index (χ3n) is 4.37. The number of hydrogen-bond donors (Lipinski definition) is 1. The number of nitrogens with one attached hydrogen (secondary N) is 1. The second-order valence-corrected chi connectivity index (χ2v) is 6.56. The lowest BCUT2D eigenvalue weighted by molar-refractivity contribution is 0.461. The van der Waals surface area contributed by atoms with Crippen LogP contribution in [-0.2, 0) is 0 Å². The highest BCUT2D eigenvalue weighted by Gasteiger charge is 2.28. The van der Waals surface area contributed by atoms with Crippen LogP contribution in [0.5, 0.6) is 0 Å². The van der Waals surface area contributed by atoms with Crippen LogP contribution in [0.25, 0.3) is 22.8 Å². The largest absolute Gasteiger partial charge is 0.289 e. The van der Waals surface area contributed by atoms with Crippen molar-refractivity contribution in [3.8, 4) is 22.8 Å². The van der Waals surface area contributed by atoms with E-state index in [9.17, 15) is 4.79 Å². The van der Waals surface area contributed by atoms with E-state index in [4.69, 9.17) is 4.98 Å². The fourth-order valence-corrected chi connectivity index (χ4v) is 3.80. The first-order valence-corrected chi connectivity index (χ1v) is 8.97. The first-order valence-electron chi connectivity index (χ1n) is 7.74. The van der Waals surface area contributed by atoms with Crippen molar-refractivity contribution in [3.63, 3.8) is 0 Å². The Morgan fingerprint density at radius 2 is 1.96 bits per heavy atom. The van der Waals surface area contributed by atoms with Crippen molar-refractivity contribution < 1.29 is 0 Å². The van der Waals surface area contributed by atoms with Crippen LogP contribution in [0.4, 0.5) is 0 Å². The van der Waals surface area contributed by atoms with Gasteiger partial charge in [0.05, 0.1) is 6.04 Å². The van der Waals surface area contributed by atoms with Gasteiger partial charge in [-0.2, -0.15) is 4.98 Å². The summed E-state index contributed by atoms with van der Waals surface area (Å²) in [6.07, 6.45) is 10.0. The zero-order valence-corrected chi connectivity index (χ0v) is 13.6. The lowest BCUT2D eigenvalue weighted by atomic mass is 10.2. The maximum Gasteiger partial charge on any atom is 0.285 e. The fourth-order valence-electron chi connectivity index (χ4n) is 3.22. The molecule has 0 aromatic carbocycles. The van der Waals surface area contributed by atoms with Gasteiger partial charge >= 0.3 is 0 Å². The van der Waals surface area contributed by atoms with Gasteiger partial charge in [0.25, 0.3) is 5.56 Å². The molecular formula is C16H17N5OS. The second-order valence-electron chi connectivity index (χ2n) is 5.74. The summed E-state index contributed by atoms with van der Waals surface area (Å²) >= 11 is 1.53. The molecule has 0 saturated heterocycles. The first kappa shape index (κ1) is 14.4. The molecule has 23 heavy (non-hydrogen) atoms. The summed E-state index contributed by atoms with van der Waals surface area (Å²) in [4.78, 5) is 25.5. The number of aromatic nitrogens is 5. The first-order chi connectivity index (χ1) is 11.3. The molecule has 118 valence electrons. The maximum atomic E-state index is 12.6. The van der Waals surface area contributed by atoms with E-state index in [1.807, 2.05) is 18.4 Å². The van der Waals surface area contributed by atoms with E-state index in [1.165, 1.54) is 24.6 Å². The molecule has 1 aromatic rings. The average Bonchev–Trinajstić information content (AvgIpc) is 3.22. The minimum atomic E-state index is -0.223. The smallest absolute Gasteiger partial charge is 0.285 e. The number of nitrogens with zero attached hydrogens (tertiary/aromatic N) is 4. The van der Waals surface area contributed by atoms with Gasteiger partial charge in [-0.1, -0.05) is 12.8 Å². The van der Waals surface area contributed by atoms with Gasteiger partial charge in [-0.15, -0.1) is 11.8 Å². The molecular weight excluding hydrogens is 310 g/mol. The number of H-pyrrole nitrogens is 1. The van der Waals surface area contributed by atoms with Gasteiger partial charge in [0.2, 0.25) is 0 Å². The summed E-state index contributed by atoms with van der Waals surface area (Å²) in [6.45, 7) is 0. The van der Waals surface area contributed by atoms with Gasteiger partial charge < -0.3 is 0 Å². The van der Waals surface area contributed by atoms with E-state index >= 15 is 0 Å². The van der Waals surface area contributed by atoms with E-state index in [0.29, 0.717) is 23.3 Å². The van der Waals surface area contributed by atoms with Crippen molar-refractivity contribution in [2.24, 2.45) is 0 Å². The molecule has 1 aromatic heterocycles. The fraction of sp³-hybridized carbons (Fsp3) is 0.375. The molecule has 0 unspecified atom stereocenters.